The fourth-order valence-corrected chi connectivity index (χ4v) is 3.68. The minimum absolute atomic E-state index is 0.00550. The lowest BCUT2D eigenvalue weighted by atomic mass is 10.1. The molecule has 0 heterocycles. The molecule has 1 fully saturated rings. The number of halogens is 12. The van der Waals surface area contributed by atoms with Crippen LogP contribution < -0.4 is 16.0 Å². The van der Waals surface area contributed by atoms with E-state index in [1.54, 1.807) is 0 Å². The number of alkyl halides is 9. The second-order valence-electron chi connectivity index (χ2n) is 8.04. The monoisotopic (exact) mass is 629 g/mol. The van der Waals surface area contributed by atoms with E-state index in [2.05, 4.69) is 5.32 Å². The first-order chi connectivity index (χ1) is 17.7. The number of anilines is 3. The molecule has 1 atom stereocenters. The molecule has 1 aliphatic rings. The Balaban J connectivity index is 1.83. The van der Waals surface area contributed by atoms with Crippen molar-refractivity contribution in [3.63, 3.8) is 0 Å². The van der Waals surface area contributed by atoms with Crippen molar-refractivity contribution in [1.29, 1.82) is 0 Å². The maximum absolute atomic E-state index is 14.8. The molecule has 0 unspecified atom stereocenters. The smallest absolute Gasteiger partial charge is 0.326 e. The molecule has 0 radical (unpaired) electrons. The van der Waals surface area contributed by atoms with Gasteiger partial charge in [-0.05, 0) is 36.8 Å². The lowest BCUT2D eigenvalue weighted by Crippen LogP contribution is -2.57. The predicted octanol–water partition coefficient (Wildman–Crippen LogP) is 6.77. The van der Waals surface area contributed by atoms with E-state index in [0.29, 0.717) is 11.4 Å². The molecule has 0 spiro atoms. The average Bonchev–Trinajstić information content (AvgIpc) is 3.46. The molecule has 1 saturated carbocycles. The van der Waals surface area contributed by atoms with Gasteiger partial charge >= 0.3 is 23.9 Å². The number of benzene rings is 2. The summed E-state index contributed by atoms with van der Waals surface area (Å²) in [5.41, 5.74) is -3.30. The highest BCUT2D eigenvalue weighted by atomic mass is 35.5. The van der Waals surface area contributed by atoms with E-state index in [9.17, 15) is 53.9 Å². The third-order valence-corrected chi connectivity index (χ3v) is 6.40. The molecule has 6 nitrogen and oxygen atoms in total. The summed E-state index contributed by atoms with van der Waals surface area (Å²) >= 11 is 17.5. The summed E-state index contributed by atoms with van der Waals surface area (Å²) in [5.74, 6) is -23.2. The van der Waals surface area contributed by atoms with Gasteiger partial charge in [0.2, 0.25) is 5.91 Å². The Morgan fingerprint density at radius 3 is 2.03 bits per heavy atom. The number of hydrogen-bond donors (Lipinski definition) is 3. The Kier molecular flexibility index (Phi) is 8.05. The Hall–Kier alpha value is -2.91. The molecule has 3 N–H and O–H groups in total. The maximum atomic E-state index is 14.8. The Morgan fingerprint density at radius 1 is 0.897 bits per heavy atom. The highest BCUT2D eigenvalue weighted by Gasteiger charge is 2.76. The predicted molar refractivity (Wildman–Crippen MR) is 122 cm³/mol. The maximum Gasteiger partial charge on any atom is 0.460 e. The topological polar surface area (TPSA) is 87.3 Å². The molecule has 0 aliphatic heterocycles. The van der Waals surface area contributed by atoms with Crippen molar-refractivity contribution in [3.8, 4) is 0 Å². The van der Waals surface area contributed by atoms with Gasteiger partial charge in [-0.3, -0.25) is 14.4 Å². The summed E-state index contributed by atoms with van der Waals surface area (Å²) in [6, 6.07) is 4.24. The van der Waals surface area contributed by atoms with E-state index >= 15 is 0 Å². The first-order valence-electron chi connectivity index (χ1n) is 10.1. The van der Waals surface area contributed by atoms with Crippen LogP contribution in [0.1, 0.15) is 16.8 Å². The van der Waals surface area contributed by atoms with Crippen LogP contribution in [0.2, 0.25) is 5.02 Å². The molecule has 0 bridgehead atoms. The summed E-state index contributed by atoms with van der Waals surface area (Å²) in [4.78, 5) is 36.3. The Morgan fingerprint density at radius 2 is 1.49 bits per heavy atom. The van der Waals surface area contributed by atoms with Gasteiger partial charge in [0.05, 0.1) is 22.2 Å². The van der Waals surface area contributed by atoms with Crippen LogP contribution in [0.25, 0.3) is 0 Å². The molecular formula is C21H11Cl3F9N3O3. The zero-order valence-corrected chi connectivity index (χ0v) is 20.7. The minimum Gasteiger partial charge on any atom is -0.326 e. The molecule has 3 rings (SSSR count). The van der Waals surface area contributed by atoms with Gasteiger partial charge < -0.3 is 16.0 Å². The highest BCUT2D eigenvalue weighted by Crippen LogP contribution is 2.53. The fraction of sp³-hybridized carbons (Fsp3) is 0.286. The van der Waals surface area contributed by atoms with Crippen molar-refractivity contribution < 1.29 is 53.9 Å². The zero-order valence-electron chi connectivity index (χ0n) is 18.4. The number of nitrogens with one attached hydrogen (secondary N) is 3. The molecule has 3 amide bonds. The van der Waals surface area contributed by atoms with Crippen LogP contribution in [0.15, 0.2) is 30.3 Å². The minimum atomic E-state index is -6.89. The van der Waals surface area contributed by atoms with Gasteiger partial charge in [-0.15, -0.1) is 23.2 Å². The van der Waals surface area contributed by atoms with E-state index in [1.165, 1.54) is 6.07 Å². The van der Waals surface area contributed by atoms with Gasteiger partial charge in [-0.1, -0.05) is 11.6 Å². The summed E-state index contributed by atoms with van der Waals surface area (Å²) < 4.78 is 118. The number of amides is 3. The Labute approximate surface area is 226 Å². The lowest BCUT2D eigenvalue weighted by Gasteiger charge is -2.27. The van der Waals surface area contributed by atoms with Crippen molar-refractivity contribution in [2.24, 2.45) is 5.92 Å². The first-order valence-corrected chi connectivity index (χ1v) is 11.3. The van der Waals surface area contributed by atoms with Gasteiger partial charge in [0.1, 0.15) is 15.8 Å². The molecule has 1 aliphatic carbocycles. The largest absolute Gasteiger partial charge is 0.460 e. The van der Waals surface area contributed by atoms with Crippen LogP contribution >= 0.6 is 34.8 Å². The lowest BCUT2D eigenvalue weighted by molar-refractivity contribution is -0.343. The molecule has 0 aromatic heterocycles. The second kappa shape index (κ2) is 10.2. The second-order valence-corrected chi connectivity index (χ2v) is 9.99. The van der Waals surface area contributed by atoms with Crippen molar-refractivity contribution in [2.45, 2.75) is 28.8 Å². The van der Waals surface area contributed by atoms with Crippen LogP contribution in [0.3, 0.4) is 0 Å². The van der Waals surface area contributed by atoms with Crippen LogP contribution in [0, 0.1) is 17.6 Å². The molecule has 212 valence electrons. The summed E-state index contributed by atoms with van der Waals surface area (Å²) in [5, 5.41) is 4.64. The average molecular weight is 631 g/mol. The molecule has 2 aromatic carbocycles. The summed E-state index contributed by atoms with van der Waals surface area (Å²) in [6.45, 7) is 0. The van der Waals surface area contributed by atoms with Gasteiger partial charge in [-0.25, -0.2) is 8.78 Å². The van der Waals surface area contributed by atoms with E-state index < -0.39 is 74.6 Å². The van der Waals surface area contributed by atoms with Crippen LogP contribution in [-0.2, 0) is 9.59 Å². The fourth-order valence-electron chi connectivity index (χ4n) is 2.97. The number of carbonyl (C=O) groups is 3. The molecule has 18 heteroatoms. The van der Waals surface area contributed by atoms with Crippen LogP contribution in [0.4, 0.5) is 56.6 Å². The standard InChI is InChI=1S/C21H11Cl3F9N3O3/c22-10-2-1-7(34-16(38)9-6-18(9,23)24)5-8(10)15(37)35-12-4-3-11(25)14(13(12)26)36-17(39)19(27,28)20(29,30)21(31,32)33/h1-5,9H,6H2,(H,34,38)(H,35,37)(H,36,39)/t9-/m1/s1. The number of hydrogen-bond acceptors (Lipinski definition) is 3. The van der Waals surface area contributed by atoms with E-state index in [0.717, 1.165) is 12.1 Å². The molecular weight excluding hydrogens is 620 g/mol. The SMILES string of the molecule is O=C(Nc1ccc(F)c(NC(=O)C(F)(F)C(F)(F)C(F)(F)F)c1F)c1cc(NC(=O)[C@H]2CC2(Cl)Cl)ccc1Cl. The van der Waals surface area contributed by atoms with Crippen LogP contribution in [0.5, 0.6) is 0 Å². The van der Waals surface area contributed by atoms with Gasteiger partial charge in [0.15, 0.2) is 5.82 Å². The molecule has 2 aromatic rings. The third kappa shape index (κ3) is 5.99. The molecule has 39 heavy (non-hydrogen) atoms. The summed E-state index contributed by atoms with van der Waals surface area (Å²) in [6.07, 6.45) is -6.73. The Bertz CT molecular complexity index is 1350. The van der Waals surface area contributed by atoms with E-state index in [-0.39, 0.29) is 23.2 Å². The van der Waals surface area contributed by atoms with Gasteiger partial charge in [0, 0.05) is 5.69 Å². The van der Waals surface area contributed by atoms with Crippen molar-refractivity contribution in [3.05, 3.63) is 52.6 Å². The van der Waals surface area contributed by atoms with Gasteiger partial charge in [-0.2, -0.15) is 30.7 Å². The highest BCUT2D eigenvalue weighted by molar-refractivity contribution is 6.52. The number of rotatable bonds is 7. The third-order valence-electron chi connectivity index (χ3n) is 5.23. The van der Waals surface area contributed by atoms with Crippen molar-refractivity contribution in [1.82, 2.24) is 0 Å². The first kappa shape index (κ1) is 30.6. The van der Waals surface area contributed by atoms with Crippen molar-refractivity contribution >= 4 is 69.6 Å². The summed E-state index contributed by atoms with van der Waals surface area (Å²) in [7, 11) is 0. The zero-order chi connectivity index (χ0) is 29.7. The van der Waals surface area contributed by atoms with Crippen molar-refractivity contribution in [2.75, 3.05) is 16.0 Å². The number of carbonyl (C=O) groups excluding carboxylic acids is 3. The normalized spacial score (nSPS) is 16.9. The molecule has 0 saturated heterocycles. The quantitative estimate of drug-likeness (QED) is 0.233. The van der Waals surface area contributed by atoms with E-state index in [4.69, 9.17) is 34.8 Å². The van der Waals surface area contributed by atoms with Crippen LogP contribution in [-0.4, -0.2) is 40.1 Å². The van der Waals surface area contributed by atoms with Gasteiger partial charge in [0.25, 0.3) is 5.91 Å². The van der Waals surface area contributed by atoms with E-state index in [1.807, 2.05) is 5.32 Å².